The van der Waals surface area contributed by atoms with E-state index in [2.05, 4.69) is 24.1 Å². The third kappa shape index (κ3) is 8.45. The Morgan fingerprint density at radius 3 is 2.29 bits per heavy atom. The van der Waals surface area contributed by atoms with Gasteiger partial charge in [0.15, 0.2) is 0 Å². The Labute approximate surface area is 131 Å². The molecule has 3 heteroatoms. The van der Waals surface area contributed by atoms with Crippen LogP contribution in [0.4, 0.5) is 0 Å². The molecule has 21 heavy (non-hydrogen) atoms. The molecule has 1 N–H and O–H groups in total. The first-order chi connectivity index (χ1) is 10.3. The average Bonchev–Trinajstić information content (AvgIpc) is 2.52. The zero-order chi connectivity index (χ0) is 15.3. The van der Waals surface area contributed by atoms with Crippen LogP contribution in [0.1, 0.15) is 78.1 Å². The molecule has 1 aliphatic rings. The van der Waals surface area contributed by atoms with Crippen molar-refractivity contribution in [1.29, 1.82) is 0 Å². The van der Waals surface area contributed by atoms with Crippen molar-refractivity contribution in [3.05, 3.63) is 0 Å². The molecule has 0 aromatic carbocycles. The van der Waals surface area contributed by atoms with E-state index in [9.17, 15) is 4.79 Å². The standard InChI is InChI=1S/C18H36N2O/c1-3-5-7-14-20(15-8-6-4-2)18(21)12-11-17-10-9-13-19-16-17/h17,19H,3-16H2,1-2H3. The molecule has 124 valence electrons. The van der Waals surface area contributed by atoms with E-state index in [-0.39, 0.29) is 0 Å². The van der Waals surface area contributed by atoms with Crippen molar-refractivity contribution in [2.45, 2.75) is 78.1 Å². The maximum absolute atomic E-state index is 12.5. The third-order valence-corrected chi connectivity index (χ3v) is 4.58. The molecule has 3 nitrogen and oxygen atoms in total. The maximum Gasteiger partial charge on any atom is 0.222 e. The van der Waals surface area contributed by atoms with Gasteiger partial charge in [-0.25, -0.2) is 0 Å². The van der Waals surface area contributed by atoms with Gasteiger partial charge in [0.2, 0.25) is 5.91 Å². The smallest absolute Gasteiger partial charge is 0.222 e. The molecule has 0 bridgehead atoms. The fraction of sp³-hybridized carbons (Fsp3) is 0.944. The first kappa shape index (κ1) is 18.5. The average molecular weight is 296 g/mol. The van der Waals surface area contributed by atoms with Gasteiger partial charge in [-0.05, 0) is 51.1 Å². The van der Waals surface area contributed by atoms with Crippen LogP contribution in [0, 0.1) is 5.92 Å². The zero-order valence-corrected chi connectivity index (χ0v) is 14.3. The van der Waals surface area contributed by atoms with Crippen molar-refractivity contribution in [1.82, 2.24) is 10.2 Å². The Hall–Kier alpha value is -0.570. The van der Waals surface area contributed by atoms with Gasteiger partial charge in [-0.3, -0.25) is 4.79 Å². The first-order valence-corrected chi connectivity index (χ1v) is 9.26. The lowest BCUT2D eigenvalue weighted by Gasteiger charge is -2.26. The van der Waals surface area contributed by atoms with E-state index in [1.807, 2.05) is 0 Å². The first-order valence-electron chi connectivity index (χ1n) is 9.26. The van der Waals surface area contributed by atoms with Crippen LogP contribution >= 0.6 is 0 Å². The van der Waals surface area contributed by atoms with Crippen LogP contribution in [0.15, 0.2) is 0 Å². The highest BCUT2D eigenvalue weighted by Gasteiger charge is 2.17. The highest BCUT2D eigenvalue weighted by molar-refractivity contribution is 5.76. The largest absolute Gasteiger partial charge is 0.343 e. The Balaban J connectivity index is 2.29. The lowest BCUT2D eigenvalue weighted by atomic mass is 9.94. The molecule has 1 heterocycles. The highest BCUT2D eigenvalue weighted by Crippen LogP contribution is 2.17. The van der Waals surface area contributed by atoms with Crippen molar-refractivity contribution in [3.8, 4) is 0 Å². The summed E-state index contributed by atoms with van der Waals surface area (Å²) in [6.07, 6.45) is 11.7. The summed E-state index contributed by atoms with van der Waals surface area (Å²) in [7, 11) is 0. The van der Waals surface area contributed by atoms with Crippen molar-refractivity contribution < 1.29 is 4.79 Å². The summed E-state index contributed by atoms with van der Waals surface area (Å²) in [5.41, 5.74) is 0. The summed E-state index contributed by atoms with van der Waals surface area (Å²) >= 11 is 0. The van der Waals surface area contributed by atoms with E-state index in [0.29, 0.717) is 5.91 Å². The molecule has 1 amide bonds. The lowest BCUT2D eigenvalue weighted by Crippen LogP contribution is -2.34. The number of nitrogens with one attached hydrogen (secondary N) is 1. The van der Waals surface area contributed by atoms with E-state index in [1.165, 1.54) is 51.4 Å². The molecular formula is C18H36N2O. The SMILES string of the molecule is CCCCCN(CCCCC)C(=O)CCC1CCCNC1. The minimum Gasteiger partial charge on any atom is -0.343 e. The summed E-state index contributed by atoms with van der Waals surface area (Å²) in [5.74, 6) is 1.11. The van der Waals surface area contributed by atoms with E-state index < -0.39 is 0 Å². The second kappa shape index (κ2) is 12.0. The van der Waals surface area contributed by atoms with Crippen LogP contribution in [-0.4, -0.2) is 37.0 Å². The molecule has 0 aromatic heterocycles. The number of carbonyl (C=O) groups is 1. The lowest BCUT2D eigenvalue weighted by molar-refractivity contribution is -0.131. The monoisotopic (exact) mass is 296 g/mol. The second-order valence-electron chi connectivity index (χ2n) is 6.55. The van der Waals surface area contributed by atoms with Gasteiger partial charge in [-0.1, -0.05) is 39.5 Å². The number of rotatable bonds is 11. The summed E-state index contributed by atoms with van der Waals surface area (Å²) in [6.45, 7) is 8.65. The van der Waals surface area contributed by atoms with E-state index >= 15 is 0 Å². The molecule has 0 spiro atoms. The Bertz CT molecular complexity index is 252. The fourth-order valence-corrected chi connectivity index (χ4v) is 3.12. The quantitative estimate of drug-likeness (QED) is 0.585. The van der Waals surface area contributed by atoms with Gasteiger partial charge in [0, 0.05) is 19.5 Å². The summed E-state index contributed by atoms with van der Waals surface area (Å²) in [4.78, 5) is 14.6. The molecule has 1 aliphatic heterocycles. The van der Waals surface area contributed by atoms with Crippen LogP contribution < -0.4 is 5.32 Å². The molecule has 1 rings (SSSR count). The van der Waals surface area contributed by atoms with Crippen molar-refractivity contribution >= 4 is 5.91 Å². The van der Waals surface area contributed by atoms with E-state index in [1.54, 1.807) is 0 Å². The van der Waals surface area contributed by atoms with Gasteiger partial charge in [0.1, 0.15) is 0 Å². The summed E-state index contributed by atoms with van der Waals surface area (Å²) in [5, 5.41) is 3.45. The highest BCUT2D eigenvalue weighted by atomic mass is 16.2. The molecule has 1 fully saturated rings. The number of piperidine rings is 1. The van der Waals surface area contributed by atoms with Crippen LogP contribution in [0.2, 0.25) is 0 Å². The fourth-order valence-electron chi connectivity index (χ4n) is 3.12. The second-order valence-corrected chi connectivity index (χ2v) is 6.55. The van der Waals surface area contributed by atoms with Gasteiger partial charge >= 0.3 is 0 Å². The summed E-state index contributed by atoms with van der Waals surface area (Å²) in [6, 6.07) is 0. The van der Waals surface area contributed by atoms with Gasteiger partial charge in [0.25, 0.3) is 0 Å². The van der Waals surface area contributed by atoms with Crippen LogP contribution in [0.25, 0.3) is 0 Å². The van der Waals surface area contributed by atoms with E-state index in [4.69, 9.17) is 0 Å². The maximum atomic E-state index is 12.5. The predicted octanol–water partition coefficient (Wildman–Crippen LogP) is 3.98. The topological polar surface area (TPSA) is 32.3 Å². The van der Waals surface area contributed by atoms with Crippen molar-refractivity contribution in [2.24, 2.45) is 5.92 Å². The molecule has 1 atom stereocenters. The number of hydrogen-bond donors (Lipinski definition) is 1. The minimum absolute atomic E-state index is 0.396. The molecule has 0 saturated carbocycles. The van der Waals surface area contributed by atoms with Crippen LogP contribution in [-0.2, 0) is 4.79 Å². The van der Waals surface area contributed by atoms with Crippen molar-refractivity contribution in [3.63, 3.8) is 0 Å². The Morgan fingerprint density at radius 1 is 1.10 bits per heavy atom. The number of carbonyl (C=O) groups excluding carboxylic acids is 1. The normalized spacial score (nSPS) is 18.7. The number of hydrogen-bond acceptors (Lipinski definition) is 2. The molecule has 1 saturated heterocycles. The minimum atomic E-state index is 0.396. The zero-order valence-electron chi connectivity index (χ0n) is 14.3. The van der Waals surface area contributed by atoms with E-state index in [0.717, 1.165) is 44.9 Å². The van der Waals surface area contributed by atoms with Crippen LogP contribution in [0.5, 0.6) is 0 Å². The predicted molar refractivity (Wildman–Crippen MR) is 90.5 cm³/mol. The number of amides is 1. The van der Waals surface area contributed by atoms with Crippen LogP contribution in [0.3, 0.4) is 0 Å². The Kier molecular flexibility index (Phi) is 10.6. The number of nitrogens with zero attached hydrogens (tertiary/aromatic N) is 1. The molecule has 0 aliphatic carbocycles. The van der Waals surface area contributed by atoms with Gasteiger partial charge in [0.05, 0.1) is 0 Å². The number of unbranched alkanes of at least 4 members (excludes halogenated alkanes) is 4. The summed E-state index contributed by atoms with van der Waals surface area (Å²) < 4.78 is 0. The van der Waals surface area contributed by atoms with Gasteiger partial charge in [-0.2, -0.15) is 0 Å². The molecule has 0 radical (unpaired) electrons. The molecular weight excluding hydrogens is 260 g/mol. The van der Waals surface area contributed by atoms with Crippen molar-refractivity contribution in [2.75, 3.05) is 26.2 Å². The van der Waals surface area contributed by atoms with Gasteiger partial charge < -0.3 is 10.2 Å². The third-order valence-electron chi connectivity index (χ3n) is 4.58. The van der Waals surface area contributed by atoms with Gasteiger partial charge in [-0.15, -0.1) is 0 Å². The Morgan fingerprint density at radius 2 is 1.76 bits per heavy atom. The molecule has 1 unspecified atom stereocenters. The molecule has 0 aromatic rings.